The minimum Gasteiger partial charge on any atom is -0.493 e. The fourth-order valence-corrected chi connectivity index (χ4v) is 2.38. The molecule has 0 radical (unpaired) electrons. The van der Waals surface area contributed by atoms with E-state index in [1.807, 2.05) is 0 Å². The summed E-state index contributed by atoms with van der Waals surface area (Å²) in [5.74, 6) is 1.47. The molecule has 0 unspecified atom stereocenters. The van der Waals surface area contributed by atoms with Crippen LogP contribution in [0.5, 0.6) is 17.2 Å². The number of benzene rings is 1. The van der Waals surface area contributed by atoms with E-state index >= 15 is 0 Å². The van der Waals surface area contributed by atoms with Crippen LogP contribution in [0.1, 0.15) is 23.7 Å². The van der Waals surface area contributed by atoms with E-state index in [2.05, 4.69) is 11.8 Å². The lowest BCUT2D eigenvalue weighted by Crippen LogP contribution is -2.29. The molecule has 0 heterocycles. The molecule has 0 bridgehead atoms. The lowest BCUT2D eigenvalue weighted by molar-refractivity contribution is 0.0463. The molecule has 0 amide bonds. The van der Waals surface area contributed by atoms with Gasteiger partial charge in [-0.05, 0) is 31.6 Å². The number of alkyl halides is 1. The normalized spacial score (nSPS) is 10.6. The Morgan fingerprint density at radius 2 is 1.71 bits per heavy atom. The number of nitrogens with zero attached hydrogens (tertiary/aromatic N) is 1. The molecule has 1 rings (SSSR count). The smallest absolute Gasteiger partial charge is 0.338 e. The molecule has 0 aliphatic heterocycles. The van der Waals surface area contributed by atoms with Crippen LogP contribution >= 0.6 is 11.6 Å². The number of hydrogen-bond acceptors (Lipinski definition) is 6. The Hall–Kier alpha value is -1.66. The van der Waals surface area contributed by atoms with Crippen molar-refractivity contribution in [1.82, 2.24) is 4.90 Å². The Morgan fingerprint density at radius 3 is 2.17 bits per heavy atom. The third kappa shape index (κ3) is 5.76. The Kier molecular flexibility index (Phi) is 9.34. The number of carbonyl (C=O) groups excluding carboxylic acids is 1. The van der Waals surface area contributed by atoms with Gasteiger partial charge in [-0.25, -0.2) is 4.79 Å². The van der Waals surface area contributed by atoms with E-state index in [0.717, 1.165) is 19.5 Å². The highest BCUT2D eigenvalue weighted by Crippen LogP contribution is 2.38. The molecule has 0 saturated carbocycles. The van der Waals surface area contributed by atoms with Crippen molar-refractivity contribution in [3.63, 3.8) is 0 Å². The largest absolute Gasteiger partial charge is 0.493 e. The third-order valence-electron chi connectivity index (χ3n) is 3.60. The fourth-order valence-electron chi connectivity index (χ4n) is 2.26. The second-order valence-corrected chi connectivity index (χ2v) is 5.40. The standard InChI is InChI=1S/C17H26ClNO5/c1-5-19(8-6-7-18)9-10-24-17(20)13-11-14(21-2)16(23-4)15(12-13)22-3/h11-12H,5-10H2,1-4H3. The summed E-state index contributed by atoms with van der Waals surface area (Å²) in [6.45, 7) is 4.82. The number of ether oxygens (including phenoxy) is 4. The molecule has 0 aromatic heterocycles. The fraction of sp³-hybridized carbons (Fsp3) is 0.588. The van der Waals surface area contributed by atoms with Crippen LogP contribution in [-0.4, -0.2) is 64.3 Å². The van der Waals surface area contributed by atoms with Crippen molar-refractivity contribution >= 4 is 17.6 Å². The van der Waals surface area contributed by atoms with Crippen molar-refractivity contribution < 1.29 is 23.7 Å². The third-order valence-corrected chi connectivity index (χ3v) is 3.86. The average molecular weight is 360 g/mol. The minimum absolute atomic E-state index is 0.311. The van der Waals surface area contributed by atoms with Crippen molar-refractivity contribution in [2.45, 2.75) is 13.3 Å². The van der Waals surface area contributed by atoms with Gasteiger partial charge < -0.3 is 23.8 Å². The molecule has 0 N–H and O–H groups in total. The summed E-state index contributed by atoms with van der Waals surface area (Å²) in [4.78, 5) is 14.4. The summed E-state index contributed by atoms with van der Waals surface area (Å²) in [5, 5.41) is 0. The van der Waals surface area contributed by atoms with Crippen LogP contribution in [0.25, 0.3) is 0 Å². The molecule has 1 aromatic carbocycles. The predicted octanol–water partition coefficient (Wildman–Crippen LogP) is 2.82. The molecule has 0 aliphatic rings. The molecular formula is C17H26ClNO5. The van der Waals surface area contributed by atoms with Crippen molar-refractivity contribution in [1.29, 1.82) is 0 Å². The quantitative estimate of drug-likeness (QED) is 0.447. The second kappa shape index (κ2) is 11.0. The van der Waals surface area contributed by atoms with Crippen molar-refractivity contribution in [3.05, 3.63) is 17.7 Å². The van der Waals surface area contributed by atoms with Crippen LogP contribution in [-0.2, 0) is 4.74 Å². The van der Waals surface area contributed by atoms with Gasteiger partial charge in [-0.15, -0.1) is 11.6 Å². The molecule has 7 heteroatoms. The molecule has 0 spiro atoms. The van der Waals surface area contributed by atoms with Crippen molar-refractivity contribution in [3.8, 4) is 17.2 Å². The summed E-state index contributed by atoms with van der Waals surface area (Å²) in [6, 6.07) is 3.16. The van der Waals surface area contributed by atoms with Crippen molar-refractivity contribution in [2.75, 3.05) is 53.5 Å². The summed E-state index contributed by atoms with van der Waals surface area (Å²) in [6.07, 6.45) is 0.913. The first-order valence-electron chi connectivity index (χ1n) is 7.86. The zero-order valence-electron chi connectivity index (χ0n) is 14.8. The van der Waals surface area contributed by atoms with Crippen LogP contribution in [0.15, 0.2) is 12.1 Å². The maximum atomic E-state index is 12.3. The van der Waals surface area contributed by atoms with Gasteiger partial charge in [-0.1, -0.05) is 6.92 Å². The Labute approximate surface area is 148 Å². The van der Waals surface area contributed by atoms with Gasteiger partial charge in [0.25, 0.3) is 0 Å². The molecule has 6 nitrogen and oxygen atoms in total. The van der Waals surface area contributed by atoms with Crippen LogP contribution < -0.4 is 14.2 Å². The zero-order chi connectivity index (χ0) is 17.9. The van der Waals surface area contributed by atoms with Gasteiger partial charge in [0.15, 0.2) is 11.5 Å². The van der Waals surface area contributed by atoms with E-state index in [9.17, 15) is 4.79 Å². The number of likely N-dealkylation sites (N-methyl/N-ethyl adjacent to an activating group) is 1. The molecule has 0 atom stereocenters. The van der Waals surface area contributed by atoms with Gasteiger partial charge in [0.05, 0.1) is 26.9 Å². The van der Waals surface area contributed by atoms with Crippen LogP contribution in [0, 0.1) is 0 Å². The van der Waals surface area contributed by atoms with Crippen LogP contribution in [0.3, 0.4) is 0 Å². The van der Waals surface area contributed by atoms with E-state index in [-0.39, 0.29) is 0 Å². The van der Waals surface area contributed by atoms with Gasteiger partial charge in [-0.2, -0.15) is 0 Å². The monoisotopic (exact) mass is 359 g/mol. The molecule has 0 saturated heterocycles. The van der Waals surface area contributed by atoms with Gasteiger partial charge in [0, 0.05) is 12.4 Å². The highest BCUT2D eigenvalue weighted by atomic mass is 35.5. The van der Waals surface area contributed by atoms with Gasteiger partial charge in [0.1, 0.15) is 6.61 Å². The Bertz CT molecular complexity index is 499. The highest BCUT2D eigenvalue weighted by molar-refractivity contribution is 6.17. The van der Waals surface area contributed by atoms with E-state index in [1.165, 1.54) is 21.3 Å². The van der Waals surface area contributed by atoms with Crippen molar-refractivity contribution in [2.24, 2.45) is 0 Å². The highest BCUT2D eigenvalue weighted by Gasteiger charge is 2.18. The number of halogens is 1. The average Bonchev–Trinajstić information content (AvgIpc) is 2.62. The summed E-state index contributed by atoms with van der Waals surface area (Å²) >= 11 is 5.70. The maximum absolute atomic E-state index is 12.3. The summed E-state index contributed by atoms with van der Waals surface area (Å²) in [5.41, 5.74) is 0.355. The van der Waals surface area contributed by atoms with Gasteiger partial charge >= 0.3 is 5.97 Å². The number of esters is 1. The first-order valence-corrected chi connectivity index (χ1v) is 8.40. The molecule has 0 fully saturated rings. The number of methoxy groups -OCH3 is 3. The zero-order valence-corrected chi connectivity index (χ0v) is 15.5. The number of hydrogen-bond donors (Lipinski definition) is 0. The number of carbonyl (C=O) groups is 1. The minimum atomic E-state index is -0.428. The summed E-state index contributed by atoms with van der Waals surface area (Å²) in [7, 11) is 4.52. The van der Waals surface area contributed by atoms with Crippen LogP contribution in [0.4, 0.5) is 0 Å². The van der Waals surface area contributed by atoms with Crippen LogP contribution in [0.2, 0.25) is 0 Å². The van der Waals surface area contributed by atoms with E-state index in [0.29, 0.717) is 41.8 Å². The Morgan fingerprint density at radius 1 is 1.08 bits per heavy atom. The van der Waals surface area contributed by atoms with E-state index in [1.54, 1.807) is 12.1 Å². The van der Waals surface area contributed by atoms with E-state index < -0.39 is 5.97 Å². The van der Waals surface area contributed by atoms with Gasteiger partial charge in [-0.3, -0.25) is 0 Å². The first-order chi connectivity index (χ1) is 11.6. The molecule has 24 heavy (non-hydrogen) atoms. The second-order valence-electron chi connectivity index (χ2n) is 5.03. The molecule has 136 valence electrons. The van der Waals surface area contributed by atoms with Gasteiger partial charge in [0.2, 0.25) is 5.75 Å². The lowest BCUT2D eigenvalue weighted by Gasteiger charge is -2.19. The lowest BCUT2D eigenvalue weighted by atomic mass is 10.2. The summed E-state index contributed by atoms with van der Waals surface area (Å²) < 4.78 is 21.1. The predicted molar refractivity (Wildman–Crippen MR) is 93.8 cm³/mol. The maximum Gasteiger partial charge on any atom is 0.338 e. The topological polar surface area (TPSA) is 57.2 Å². The van der Waals surface area contributed by atoms with E-state index in [4.69, 9.17) is 30.5 Å². The molecule has 1 aromatic rings. The SMILES string of the molecule is CCN(CCCCl)CCOC(=O)c1cc(OC)c(OC)c(OC)c1. The molecule has 0 aliphatic carbocycles. The number of rotatable bonds is 11. The Balaban J connectivity index is 2.70. The molecular weight excluding hydrogens is 334 g/mol. The first kappa shape index (κ1) is 20.4.